The maximum Gasteiger partial charge on any atom is 0.340 e. The minimum absolute atomic E-state index is 0.170. The van der Waals surface area contributed by atoms with Gasteiger partial charge in [0, 0.05) is 18.1 Å². The Morgan fingerprint density at radius 2 is 2.14 bits per heavy atom. The fourth-order valence-corrected chi connectivity index (χ4v) is 2.73. The second-order valence-electron chi connectivity index (χ2n) is 5.29. The Morgan fingerprint density at radius 1 is 1.38 bits per heavy atom. The van der Waals surface area contributed by atoms with Crippen molar-refractivity contribution in [2.24, 2.45) is 5.92 Å². The Bertz CT molecular complexity index is 548. The number of nitrogens with zero attached hydrogens (tertiary/aromatic N) is 1. The molecule has 1 aromatic rings. The van der Waals surface area contributed by atoms with Gasteiger partial charge < -0.3 is 9.64 Å². The molecule has 1 aliphatic rings. The fraction of sp³-hybridized carbons (Fsp3) is 0.467. The maximum absolute atomic E-state index is 12.0. The number of carbonyl (C=O) groups excluding carboxylic acids is 2. The molecule has 0 bridgehead atoms. The van der Waals surface area contributed by atoms with Gasteiger partial charge in [0.1, 0.15) is 0 Å². The number of esters is 1. The monoisotopic (exact) mass is 329 g/mol. The molecule has 1 aliphatic heterocycles. The topological polar surface area (TPSA) is 46.6 Å². The number of ether oxygens (including phenoxy) is 1. The molecule has 0 N–H and O–H groups in total. The number of piperidine rings is 1. The summed E-state index contributed by atoms with van der Waals surface area (Å²) >= 11 is 11.7. The zero-order valence-corrected chi connectivity index (χ0v) is 13.3. The third kappa shape index (κ3) is 4.35. The van der Waals surface area contributed by atoms with Crippen LogP contribution in [-0.2, 0) is 9.53 Å². The van der Waals surface area contributed by atoms with Gasteiger partial charge in [-0.1, -0.05) is 30.1 Å². The number of likely N-dealkylation sites (tertiary alicyclic amines) is 1. The van der Waals surface area contributed by atoms with Gasteiger partial charge >= 0.3 is 5.97 Å². The van der Waals surface area contributed by atoms with Gasteiger partial charge in [0.15, 0.2) is 6.61 Å². The molecule has 0 spiro atoms. The van der Waals surface area contributed by atoms with Crippen LogP contribution in [0.2, 0.25) is 10.0 Å². The summed E-state index contributed by atoms with van der Waals surface area (Å²) in [5.41, 5.74) is 0.170. The Balaban J connectivity index is 1.91. The smallest absolute Gasteiger partial charge is 0.340 e. The highest BCUT2D eigenvalue weighted by atomic mass is 35.5. The molecule has 1 fully saturated rings. The summed E-state index contributed by atoms with van der Waals surface area (Å²) in [5.74, 6) is -0.324. The highest BCUT2D eigenvalue weighted by Crippen LogP contribution is 2.21. The molecular weight excluding hydrogens is 313 g/mol. The van der Waals surface area contributed by atoms with Crippen molar-refractivity contribution in [2.75, 3.05) is 19.7 Å². The standard InChI is InChI=1S/C15H17Cl2NO3/c1-10-3-2-6-18(8-10)14(19)9-21-15(20)12-7-11(16)4-5-13(12)17/h4-5,7,10H,2-3,6,8-9H2,1H3. The summed E-state index contributed by atoms with van der Waals surface area (Å²) in [5, 5.41) is 0.644. The summed E-state index contributed by atoms with van der Waals surface area (Å²) in [7, 11) is 0. The molecule has 4 nitrogen and oxygen atoms in total. The average Bonchev–Trinajstić information content (AvgIpc) is 2.47. The van der Waals surface area contributed by atoms with E-state index in [1.165, 1.54) is 12.1 Å². The van der Waals surface area contributed by atoms with E-state index in [9.17, 15) is 9.59 Å². The first kappa shape index (κ1) is 16.1. The molecule has 114 valence electrons. The second-order valence-corrected chi connectivity index (χ2v) is 6.13. The molecule has 0 aliphatic carbocycles. The Hall–Kier alpha value is -1.26. The van der Waals surface area contributed by atoms with Crippen LogP contribution in [0.25, 0.3) is 0 Å². The number of halogens is 2. The van der Waals surface area contributed by atoms with Crippen LogP contribution in [0.4, 0.5) is 0 Å². The minimum atomic E-state index is -0.638. The first-order chi connectivity index (χ1) is 9.97. The van der Waals surface area contributed by atoms with Crippen LogP contribution in [0.15, 0.2) is 18.2 Å². The van der Waals surface area contributed by atoms with Crippen molar-refractivity contribution in [3.8, 4) is 0 Å². The molecule has 1 heterocycles. The van der Waals surface area contributed by atoms with Gasteiger partial charge in [-0.05, 0) is 37.0 Å². The molecule has 2 rings (SSSR count). The second kappa shape index (κ2) is 7.14. The Kier molecular flexibility index (Phi) is 5.48. The Labute approximate surface area is 134 Å². The van der Waals surface area contributed by atoms with Crippen molar-refractivity contribution in [1.29, 1.82) is 0 Å². The zero-order valence-electron chi connectivity index (χ0n) is 11.8. The van der Waals surface area contributed by atoms with Gasteiger partial charge in [0.25, 0.3) is 5.91 Å². The molecule has 1 aromatic carbocycles. The van der Waals surface area contributed by atoms with Gasteiger partial charge in [-0.2, -0.15) is 0 Å². The van der Waals surface area contributed by atoms with Crippen LogP contribution in [0.3, 0.4) is 0 Å². The predicted octanol–water partition coefficient (Wildman–Crippen LogP) is 3.41. The van der Waals surface area contributed by atoms with E-state index in [0.717, 1.165) is 19.4 Å². The average molecular weight is 330 g/mol. The van der Waals surface area contributed by atoms with E-state index in [-0.39, 0.29) is 23.1 Å². The highest BCUT2D eigenvalue weighted by molar-refractivity contribution is 6.35. The molecule has 6 heteroatoms. The molecule has 0 saturated carbocycles. The summed E-state index contributed by atoms with van der Waals surface area (Å²) in [6, 6.07) is 4.54. The third-order valence-corrected chi connectivity index (χ3v) is 4.05. The normalized spacial score (nSPS) is 18.4. The third-order valence-electron chi connectivity index (χ3n) is 3.48. The quantitative estimate of drug-likeness (QED) is 0.798. The number of hydrogen-bond donors (Lipinski definition) is 0. The summed E-state index contributed by atoms with van der Waals surface area (Å²) in [6.45, 7) is 3.28. The van der Waals surface area contributed by atoms with Crippen LogP contribution < -0.4 is 0 Å². The van der Waals surface area contributed by atoms with Gasteiger partial charge in [-0.25, -0.2) is 4.79 Å². The van der Waals surface area contributed by atoms with Crippen LogP contribution in [0, 0.1) is 5.92 Å². The van der Waals surface area contributed by atoms with Crippen molar-refractivity contribution in [3.63, 3.8) is 0 Å². The first-order valence-electron chi connectivity index (χ1n) is 6.87. The molecule has 21 heavy (non-hydrogen) atoms. The van der Waals surface area contributed by atoms with E-state index in [1.807, 2.05) is 0 Å². The lowest BCUT2D eigenvalue weighted by Gasteiger charge is -2.30. The Morgan fingerprint density at radius 3 is 2.86 bits per heavy atom. The fourth-order valence-electron chi connectivity index (χ4n) is 2.37. The highest BCUT2D eigenvalue weighted by Gasteiger charge is 2.22. The van der Waals surface area contributed by atoms with E-state index < -0.39 is 5.97 Å². The molecule has 1 saturated heterocycles. The van der Waals surface area contributed by atoms with Crippen LogP contribution in [0.5, 0.6) is 0 Å². The maximum atomic E-state index is 12.0. The van der Waals surface area contributed by atoms with Gasteiger partial charge in [-0.3, -0.25) is 4.79 Å². The van der Waals surface area contributed by atoms with Crippen LogP contribution >= 0.6 is 23.2 Å². The zero-order chi connectivity index (χ0) is 15.4. The molecule has 1 unspecified atom stereocenters. The number of carbonyl (C=O) groups is 2. The van der Waals surface area contributed by atoms with Gasteiger partial charge in [0.2, 0.25) is 0 Å². The summed E-state index contributed by atoms with van der Waals surface area (Å²) in [6.07, 6.45) is 2.11. The van der Waals surface area contributed by atoms with Crippen molar-refractivity contribution in [3.05, 3.63) is 33.8 Å². The lowest BCUT2D eigenvalue weighted by Crippen LogP contribution is -2.41. The van der Waals surface area contributed by atoms with Crippen molar-refractivity contribution >= 4 is 35.1 Å². The lowest BCUT2D eigenvalue weighted by molar-refractivity contribution is -0.136. The first-order valence-corrected chi connectivity index (χ1v) is 7.63. The molecule has 0 aromatic heterocycles. The molecular formula is C15H17Cl2NO3. The van der Waals surface area contributed by atoms with Gasteiger partial charge in [-0.15, -0.1) is 0 Å². The summed E-state index contributed by atoms with van der Waals surface area (Å²) < 4.78 is 5.04. The number of amides is 1. The van der Waals surface area contributed by atoms with Crippen LogP contribution in [0.1, 0.15) is 30.1 Å². The van der Waals surface area contributed by atoms with E-state index in [0.29, 0.717) is 17.5 Å². The van der Waals surface area contributed by atoms with E-state index in [1.54, 1.807) is 11.0 Å². The number of rotatable bonds is 3. The van der Waals surface area contributed by atoms with E-state index in [4.69, 9.17) is 27.9 Å². The van der Waals surface area contributed by atoms with E-state index in [2.05, 4.69) is 6.92 Å². The van der Waals surface area contributed by atoms with E-state index >= 15 is 0 Å². The number of benzene rings is 1. The minimum Gasteiger partial charge on any atom is -0.452 e. The molecule has 1 amide bonds. The van der Waals surface area contributed by atoms with Crippen molar-refractivity contribution in [1.82, 2.24) is 4.90 Å². The number of hydrogen-bond acceptors (Lipinski definition) is 3. The van der Waals surface area contributed by atoms with Crippen molar-refractivity contribution < 1.29 is 14.3 Å². The molecule has 1 atom stereocenters. The SMILES string of the molecule is CC1CCCN(C(=O)COC(=O)c2cc(Cl)ccc2Cl)C1. The summed E-state index contributed by atoms with van der Waals surface area (Å²) in [4.78, 5) is 25.7. The van der Waals surface area contributed by atoms with Gasteiger partial charge in [0.05, 0.1) is 10.6 Å². The lowest BCUT2D eigenvalue weighted by atomic mass is 10.0. The predicted molar refractivity (Wildman–Crippen MR) is 81.7 cm³/mol. The van der Waals surface area contributed by atoms with Crippen LogP contribution in [-0.4, -0.2) is 36.5 Å². The largest absolute Gasteiger partial charge is 0.452 e. The molecule has 0 radical (unpaired) electrons. The van der Waals surface area contributed by atoms with Crippen molar-refractivity contribution in [2.45, 2.75) is 19.8 Å².